The van der Waals surface area contributed by atoms with Crippen LogP contribution in [0.5, 0.6) is 0 Å². The number of carbonyl (C=O) groups excluding carboxylic acids is 2. The quantitative estimate of drug-likeness (QED) is 0.769. The third-order valence-electron chi connectivity index (χ3n) is 4.10. The Kier molecular flexibility index (Phi) is 4.60. The van der Waals surface area contributed by atoms with Gasteiger partial charge < -0.3 is 9.64 Å². The molecule has 1 aliphatic rings. The fourth-order valence-electron chi connectivity index (χ4n) is 2.67. The van der Waals surface area contributed by atoms with E-state index < -0.39 is 21.7 Å². The van der Waals surface area contributed by atoms with Crippen LogP contribution in [0.15, 0.2) is 30.3 Å². The van der Waals surface area contributed by atoms with Crippen molar-refractivity contribution in [3.05, 3.63) is 35.2 Å². The molecule has 0 N–H and O–H groups in total. The Labute approximate surface area is 143 Å². The second-order valence-corrected chi connectivity index (χ2v) is 9.10. The predicted molar refractivity (Wildman–Crippen MR) is 91.9 cm³/mol. The molecule has 1 atom stereocenters. The molecule has 0 unspecified atom stereocenters. The van der Waals surface area contributed by atoms with Crippen molar-refractivity contribution >= 4 is 43.1 Å². The van der Waals surface area contributed by atoms with Gasteiger partial charge in [-0.15, -0.1) is 11.3 Å². The molecule has 0 saturated carbocycles. The number of fused-ring (bicyclic) bond motifs is 1. The fraction of sp³-hybridized carbons (Fsp3) is 0.375. The molecule has 2 aromatic rings. The van der Waals surface area contributed by atoms with Gasteiger partial charge in [0, 0.05) is 17.8 Å². The van der Waals surface area contributed by atoms with Crippen LogP contribution < -0.4 is 0 Å². The maximum absolute atomic E-state index is 12.1. The third-order valence-corrected chi connectivity index (χ3v) is 6.95. The van der Waals surface area contributed by atoms with Crippen LogP contribution in [-0.2, 0) is 19.4 Å². The van der Waals surface area contributed by atoms with Crippen molar-refractivity contribution in [3.63, 3.8) is 0 Å². The zero-order valence-corrected chi connectivity index (χ0v) is 14.7. The minimum atomic E-state index is -3.06. The normalized spacial score (nSPS) is 19.3. The highest BCUT2D eigenvalue weighted by Gasteiger charge is 2.33. The Bertz CT molecular complexity index is 854. The van der Waals surface area contributed by atoms with Crippen LogP contribution in [0.3, 0.4) is 0 Å². The van der Waals surface area contributed by atoms with Crippen molar-refractivity contribution in [1.82, 2.24) is 4.90 Å². The summed E-state index contributed by atoms with van der Waals surface area (Å²) < 4.78 is 29.0. The summed E-state index contributed by atoms with van der Waals surface area (Å²) in [7, 11) is -1.52. The monoisotopic (exact) mass is 367 g/mol. The number of carbonyl (C=O) groups is 2. The molecule has 1 aliphatic heterocycles. The van der Waals surface area contributed by atoms with Crippen LogP contribution in [0.4, 0.5) is 0 Å². The number of sulfone groups is 1. The summed E-state index contributed by atoms with van der Waals surface area (Å²) >= 11 is 1.31. The summed E-state index contributed by atoms with van der Waals surface area (Å²) in [5, 5.41) is 0.953. The van der Waals surface area contributed by atoms with Crippen molar-refractivity contribution in [2.24, 2.45) is 0 Å². The Morgan fingerprint density at radius 3 is 2.75 bits per heavy atom. The first-order valence-corrected chi connectivity index (χ1v) is 10.1. The lowest BCUT2D eigenvalue weighted by atomic mass is 10.2. The van der Waals surface area contributed by atoms with Crippen LogP contribution in [0.25, 0.3) is 10.1 Å². The minimum Gasteiger partial charge on any atom is -0.451 e. The largest absolute Gasteiger partial charge is 0.451 e. The Morgan fingerprint density at radius 1 is 1.33 bits per heavy atom. The van der Waals surface area contributed by atoms with Crippen LogP contribution in [0.1, 0.15) is 16.1 Å². The molecular weight excluding hydrogens is 350 g/mol. The lowest BCUT2D eigenvalue weighted by Crippen LogP contribution is -2.40. The van der Waals surface area contributed by atoms with E-state index in [0.29, 0.717) is 11.3 Å². The average molecular weight is 367 g/mol. The molecule has 128 valence electrons. The molecule has 3 rings (SSSR count). The standard InChI is InChI=1S/C16H17NO5S2/c1-17(12-6-7-24(20,21)10-12)15(18)9-22-16(19)14-8-11-4-2-3-5-13(11)23-14/h2-5,8,12H,6-7,9-10H2,1H3/t12-/m1/s1. The molecule has 1 saturated heterocycles. The first-order valence-electron chi connectivity index (χ1n) is 7.47. The average Bonchev–Trinajstić information content (AvgIpc) is 3.14. The molecule has 6 nitrogen and oxygen atoms in total. The zero-order valence-electron chi connectivity index (χ0n) is 13.1. The lowest BCUT2D eigenvalue weighted by Gasteiger charge is -2.23. The van der Waals surface area contributed by atoms with E-state index in [1.807, 2.05) is 24.3 Å². The predicted octanol–water partition coefficient (Wildman–Crippen LogP) is 1.70. The topological polar surface area (TPSA) is 80.8 Å². The van der Waals surface area contributed by atoms with Gasteiger partial charge in [-0.1, -0.05) is 18.2 Å². The lowest BCUT2D eigenvalue weighted by molar-refractivity contribution is -0.134. The van der Waals surface area contributed by atoms with E-state index in [1.165, 1.54) is 16.2 Å². The molecule has 1 aromatic heterocycles. The smallest absolute Gasteiger partial charge is 0.348 e. The SMILES string of the molecule is CN(C(=O)COC(=O)c1cc2ccccc2s1)[C@@H]1CCS(=O)(=O)C1. The minimum absolute atomic E-state index is 0.0283. The van der Waals surface area contributed by atoms with Crippen molar-refractivity contribution < 1.29 is 22.7 Å². The van der Waals surface area contributed by atoms with Crippen LogP contribution in [0.2, 0.25) is 0 Å². The van der Waals surface area contributed by atoms with Gasteiger partial charge in [0.15, 0.2) is 16.4 Å². The molecule has 8 heteroatoms. The van der Waals surface area contributed by atoms with E-state index in [0.717, 1.165) is 10.1 Å². The Hall–Kier alpha value is -1.93. The summed E-state index contributed by atoms with van der Waals surface area (Å²) in [5.41, 5.74) is 0. The number of hydrogen-bond acceptors (Lipinski definition) is 6. The van der Waals surface area contributed by atoms with E-state index in [-0.39, 0.29) is 24.2 Å². The van der Waals surface area contributed by atoms with Crippen LogP contribution in [0, 0.1) is 0 Å². The van der Waals surface area contributed by atoms with Gasteiger partial charge in [0.25, 0.3) is 5.91 Å². The fourth-order valence-corrected chi connectivity index (χ4v) is 5.40. The molecule has 0 radical (unpaired) electrons. The highest BCUT2D eigenvalue weighted by Crippen LogP contribution is 2.25. The van der Waals surface area contributed by atoms with Crippen molar-refractivity contribution in [2.75, 3.05) is 25.2 Å². The summed E-state index contributed by atoms with van der Waals surface area (Å²) in [6.45, 7) is -0.389. The number of ether oxygens (including phenoxy) is 1. The Balaban J connectivity index is 1.58. The number of likely N-dealkylation sites (N-methyl/N-ethyl adjacent to an activating group) is 1. The molecule has 0 aliphatic carbocycles. The maximum atomic E-state index is 12.1. The molecule has 1 amide bonds. The first-order chi connectivity index (χ1) is 11.4. The number of nitrogens with zero attached hydrogens (tertiary/aromatic N) is 1. The number of esters is 1. The molecule has 1 fully saturated rings. The summed E-state index contributed by atoms with van der Waals surface area (Å²) in [6.07, 6.45) is 0.425. The van der Waals surface area contributed by atoms with Gasteiger partial charge in [-0.2, -0.15) is 0 Å². The summed E-state index contributed by atoms with van der Waals surface area (Å²) in [6, 6.07) is 8.99. The third kappa shape index (κ3) is 3.59. The van der Waals surface area contributed by atoms with Gasteiger partial charge >= 0.3 is 5.97 Å². The molecule has 0 bridgehead atoms. The first kappa shape index (κ1) is 16.9. The van der Waals surface area contributed by atoms with Crippen LogP contribution in [-0.4, -0.2) is 56.4 Å². The van der Waals surface area contributed by atoms with Crippen LogP contribution >= 0.6 is 11.3 Å². The van der Waals surface area contributed by atoms with Gasteiger partial charge in [0.05, 0.1) is 11.5 Å². The van der Waals surface area contributed by atoms with Crippen molar-refractivity contribution in [2.45, 2.75) is 12.5 Å². The maximum Gasteiger partial charge on any atom is 0.348 e. The van der Waals surface area contributed by atoms with Crippen molar-refractivity contribution in [1.29, 1.82) is 0 Å². The van der Waals surface area contributed by atoms with Gasteiger partial charge in [-0.25, -0.2) is 13.2 Å². The molecule has 2 heterocycles. The molecule has 0 spiro atoms. The van der Waals surface area contributed by atoms with E-state index in [9.17, 15) is 18.0 Å². The number of hydrogen-bond donors (Lipinski definition) is 0. The summed E-state index contributed by atoms with van der Waals surface area (Å²) in [5.74, 6) is -0.875. The van der Waals surface area contributed by atoms with E-state index >= 15 is 0 Å². The van der Waals surface area contributed by atoms with E-state index in [4.69, 9.17) is 4.74 Å². The second-order valence-electron chi connectivity index (χ2n) is 5.79. The highest BCUT2D eigenvalue weighted by atomic mass is 32.2. The second kappa shape index (κ2) is 6.52. The number of rotatable bonds is 4. The van der Waals surface area contributed by atoms with E-state index in [1.54, 1.807) is 13.1 Å². The molecule has 24 heavy (non-hydrogen) atoms. The van der Waals surface area contributed by atoms with E-state index in [2.05, 4.69) is 0 Å². The zero-order chi connectivity index (χ0) is 17.3. The number of amides is 1. The Morgan fingerprint density at radius 2 is 2.08 bits per heavy atom. The van der Waals surface area contributed by atoms with Gasteiger partial charge in [0.1, 0.15) is 4.88 Å². The van der Waals surface area contributed by atoms with Gasteiger partial charge in [0.2, 0.25) is 0 Å². The summed E-state index contributed by atoms with van der Waals surface area (Å²) in [4.78, 5) is 26.0. The van der Waals surface area contributed by atoms with Gasteiger partial charge in [-0.05, 0) is 23.9 Å². The molecular formula is C16H17NO5S2. The number of thiophene rings is 1. The van der Waals surface area contributed by atoms with Crippen molar-refractivity contribution in [3.8, 4) is 0 Å². The highest BCUT2D eigenvalue weighted by molar-refractivity contribution is 7.91. The number of benzene rings is 1. The molecule has 1 aromatic carbocycles. The van der Waals surface area contributed by atoms with Gasteiger partial charge in [-0.3, -0.25) is 4.79 Å².